The molecule has 0 amide bonds. The number of fused-ring (bicyclic) bond motifs is 8. The van der Waals surface area contributed by atoms with E-state index >= 15 is 70.2 Å². The quantitative estimate of drug-likeness (QED) is 0.199. The first kappa shape index (κ1) is 54.4. The Hall–Kier alpha value is -0.820. The Morgan fingerprint density at radius 2 is 0.261 bits per heavy atom. The van der Waals surface area contributed by atoms with Gasteiger partial charge >= 0.3 is 0 Å². The third-order valence-electron chi connectivity index (χ3n) is 17.7. The molecule has 1 radical (unpaired) electrons. The molecule has 0 N–H and O–H groups in total. The van der Waals surface area contributed by atoms with Crippen LogP contribution in [0, 0.1) is 47.3 Å². The van der Waals surface area contributed by atoms with Crippen molar-refractivity contribution < 1.29 is 110 Å². The maximum Gasteiger partial charge on any atom is 0.168 e. The Balaban J connectivity index is 0.00000642. The van der Waals surface area contributed by atoms with Crippen molar-refractivity contribution >= 4 is 0 Å². The Morgan fingerprint density at radius 1 is 0.159 bits per heavy atom. The van der Waals surface area contributed by atoms with Gasteiger partial charge in [0, 0.05) is 46.1 Å². The van der Waals surface area contributed by atoms with Crippen molar-refractivity contribution in [3.63, 3.8) is 0 Å². The molecule has 25 heteroatoms. The van der Waals surface area contributed by atoms with E-state index in [-0.39, 0.29) is 73.7 Å². The van der Waals surface area contributed by atoms with Gasteiger partial charge in [0.1, 0.15) is 49.4 Å². The molecule has 24 atom stereocenters. The van der Waals surface area contributed by atoms with E-state index < -0.39 is 219 Å². The van der Waals surface area contributed by atoms with Crippen LogP contribution in [0.25, 0.3) is 21.3 Å². The number of nitrogens with zero attached hydrogens (tertiary/aromatic N) is 4. The maximum atomic E-state index is 16.2. The second kappa shape index (κ2) is 20.7. The topological polar surface area (TPSA) is 56.4 Å². The molecule has 9 rings (SSSR count). The summed E-state index contributed by atoms with van der Waals surface area (Å²) in [6, 6.07) is -12.4. The number of rotatable bonds is 4. The fourth-order valence-electron chi connectivity index (χ4n) is 14.6. The van der Waals surface area contributed by atoms with Crippen molar-refractivity contribution in [1.29, 1.82) is 0 Å². The van der Waals surface area contributed by atoms with E-state index in [1.807, 2.05) is 0 Å². The minimum absolute atomic E-state index is 0. The summed E-state index contributed by atoms with van der Waals surface area (Å²) in [5.74, 6) is -17.0. The smallest absolute Gasteiger partial charge is 0.168 e. The van der Waals surface area contributed by atoms with E-state index in [4.69, 9.17) is 0 Å². The number of hydrogen-bond donors (Lipinski definition) is 0. The van der Waals surface area contributed by atoms with Gasteiger partial charge in [0.15, 0.2) is 74.1 Å². The van der Waals surface area contributed by atoms with E-state index in [0.29, 0.717) is 0 Å². The van der Waals surface area contributed by atoms with Crippen LogP contribution in [0.5, 0.6) is 0 Å². The standard InChI is InChI=1S/C44H52F20N4.Ag/c45-25-21(26(46)34(54)41(61)33(25)53)17-9-1-2-10(65-9)18(22-27(47)35(55)42(62)36(56)28(22)48)12-5-6-14(67-12)20(24-31(51)39(59)44(64)40(60)32(24)52)16-8-7-15(68-16)19(13-4-3-11(17)66-13)23-29(49)37(57)43(63)38(58)30(23)50;/h9-44H,1-8H2;/q-4;. The molecule has 403 valence electrons. The van der Waals surface area contributed by atoms with Crippen molar-refractivity contribution in [3.8, 4) is 0 Å². The third kappa shape index (κ3) is 8.89. The third-order valence-corrected chi connectivity index (χ3v) is 17.7. The van der Waals surface area contributed by atoms with Crippen LogP contribution in [0.15, 0.2) is 0 Å². The fraction of sp³-hybridized carbons (Fsp3) is 1.00. The van der Waals surface area contributed by atoms with Gasteiger partial charge in [-0.25, -0.2) is 87.8 Å². The van der Waals surface area contributed by atoms with Crippen LogP contribution in [-0.2, 0) is 22.4 Å². The van der Waals surface area contributed by atoms with E-state index in [0.717, 1.165) is 0 Å². The molecule has 24 unspecified atom stereocenters. The molecule has 0 aromatic rings. The maximum absolute atomic E-state index is 16.2. The number of alkyl halides is 20. The SMILES string of the molecule is FC1C(F)C(F)C(C2C3CCC([N-]3)C(C3C(F)C(F)C(F)C(F)C3F)C3CCC([N-]3)C(C3C(F)C(F)C(F)C(F)C3F)C3CCC([N-]3)C(C3C(F)C(F)C(F)C(F)C3F)C3CCC2[N-]3)C(F)C1F.[Ag]. The molecular formula is C44H52AgF20N4-4. The van der Waals surface area contributed by atoms with Gasteiger partial charge in [0.05, 0.1) is 0 Å². The van der Waals surface area contributed by atoms with Gasteiger partial charge in [-0.2, -0.15) is 0 Å². The van der Waals surface area contributed by atoms with Crippen LogP contribution in [0.4, 0.5) is 87.8 Å². The Bertz CT molecular complexity index is 1400. The summed E-state index contributed by atoms with van der Waals surface area (Å²) in [5, 5.41) is 18.4. The Labute approximate surface area is 401 Å². The summed E-state index contributed by atoms with van der Waals surface area (Å²) in [6.07, 6.45) is -67.2. The van der Waals surface area contributed by atoms with Crippen LogP contribution in [0.1, 0.15) is 51.4 Å². The molecule has 4 aliphatic carbocycles. The second-order valence-corrected chi connectivity index (χ2v) is 21.0. The van der Waals surface area contributed by atoms with E-state index in [9.17, 15) is 17.6 Å². The Morgan fingerprint density at radius 3 is 0.377 bits per heavy atom. The first-order valence-electron chi connectivity index (χ1n) is 23.7. The summed E-state index contributed by atoms with van der Waals surface area (Å²) < 4.78 is 310. The normalized spacial score (nSPS) is 61.4. The molecule has 69 heavy (non-hydrogen) atoms. The van der Waals surface area contributed by atoms with Crippen LogP contribution < -0.4 is 0 Å². The van der Waals surface area contributed by atoms with Crippen molar-refractivity contribution in [2.75, 3.05) is 0 Å². The first-order chi connectivity index (χ1) is 32.1. The number of halogens is 20. The summed E-state index contributed by atoms with van der Waals surface area (Å²) >= 11 is 0. The minimum atomic E-state index is -3.29. The molecule has 0 aromatic heterocycles. The molecule has 5 saturated heterocycles. The van der Waals surface area contributed by atoms with Crippen LogP contribution in [0.3, 0.4) is 0 Å². The molecule has 9 aliphatic rings. The van der Waals surface area contributed by atoms with E-state index in [1.165, 1.54) is 0 Å². The summed E-state index contributed by atoms with van der Waals surface area (Å²) in [7, 11) is 0. The van der Waals surface area contributed by atoms with Crippen molar-refractivity contribution in [2.24, 2.45) is 47.3 Å². The first-order valence-corrected chi connectivity index (χ1v) is 23.7. The number of hydrogen-bond acceptors (Lipinski definition) is 0. The summed E-state index contributed by atoms with van der Waals surface area (Å²) in [5.41, 5.74) is 0. The molecule has 5 aliphatic heterocycles. The van der Waals surface area contributed by atoms with E-state index in [2.05, 4.69) is 21.3 Å². The molecule has 4 nitrogen and oxygen atoms in total. The average Bonchev–Trinajstić information content (AvgIpc) is 4.18. The average molecular weight is 1120 g/mol. The molecule has 0 aromatic carbocycles. The van der Waals surface area contributed by atoms with Gasteiger partial charge in [-0.15, -0.1) is 48.3 Å². The van der Waals surface area contributed by atoms with Crippen molar-refractivity contribution in [3.05, 3.63) is 21.3 Å². The zero-order chi connectivity index (χ0) is 49.3. The van der Waals surface area contributed by atoms with Crippen LogP contribution in [0.2, 0.25) is 0 Å². The van der Waals surface area contributed by atoms with Crippen LogP contribution in [-0.4, -0.2) is 172 Å². The molecule has 4 saturated carbocycles. The molecular weight excluding hydrogens is 1070 g/mol. The van der Waals surface area contributed by atoms with Gasteiger partial charge < -0.3 is 21.3 Å². The largest absolute Gasteiger partial charge is 0.656 e. The van der Waals surface area contributed by atoms with Gasteiger partial charge in [-0.05, 0) is 0 Å². The monoisotopic (exact) mass is 1120 g/mol. The minimum Gasteiger partial charge on any atom is -0.656 e. The van der Waals surface area contributed by atoms with E-state index in [1.54, 1.807) is 0 Å². The van der Waals surface area contributed by atoms with Gasteiger partial charge in [-0.3, -0.25) is 0 Å². The van der Waals surface area contributed by atoms with Gasteiger partial charge in [-0.1, -0.05) is 75.0 Å². The summed E-state index contributed by atoms with van der Waals surface area (Å²) in [4.78, 5) is 0. The molecule has 9 fully saturated rings. The molecule has 5 heterocycles. The van der Waals surface area contributed by atoms with Crippen molar-refractivity contribution in [2.45, 2.75) is 223 Å². The fourth-order valence-corrected chi connectivity index (χ4v) is 14.6. The molecule has 8 bridgehead atoms. The predicted octanol–water partition coefficient (Wildman–Crippen LogP) is 11.4. The van der Waals surface area contributed by atoms with Crippen molar-refractivity contribution in [1.82, 2.24) is 0 Å². The van der Waals surface area contributed by atoms with Crippen LogP contribution >= 0.6 is 0 Å². The Kier molecular flexibility index (Phi) is 16.3. The predicted molar refractivity (Wildman–Crippen MR) is 207 cm³/mol. The van der Waals surface area contributed by atoms with Gasteiger partial charge in [0.25, 0.3) is 0 Å². The molecule has 0 spiro atoms. The summed E-state index contributed by atoms with van der Waals surface area (Å²) in [6.45, 7) is 0. The second-order valence-electron chi connectivity index (χ2n) is 21.0. The van der Waals surface area contributed by atoms with Gasteiger partial charge in [0.2, 0.25) is 0 Å². The zero-order valence-electron chi connectivity index (χ0n) is 36.1. The zero-order valence-corrected chi connectivity index (χ0v) is 37.6.